The van der Waals surface area contributed by atoms with Crippen molar-refractivity contribution in [2.24, 2.45) is 0 Å². The number of hydrogen-bond donors (Lipinski definition) is 0. The Bertz CT molecular complexity index is 1530. The molecular weight excluding hydrogens is 488 g/mol. The first-order chi connectivity index (χ1) is 17.2. The van der Waals surface area contributed by atoms with Crippen molar-refractivity contribution in [2.45, 2.75) is 57.9 Å². The summed E-state index contributed by atoms with van der Waals surface area (Å²) in [6.45, 7) is 9.95. The maximum absolute atomic E-state index is 13.5. The van der Waals surface area contributed by atoms with Crippen molar-refractivity contribution in [3.8, 4) is 0 Å². The summed E-state index contributed by atoms with van der Waals surface area (Å²) in [5.74, 6) is 0.327. The number of fused-ring (bicyclic) bond motifs is 1. The van der Waals surface area contributed by atoms with Crippen LogP contribution in [0.2, 0.25) is 5.02 Å². The molecule has 36 heavy (non-hydrogen) atoms. The van der Waals surface area contributed by atoms with E-state index in [9.17, 15) is 8.42 Å². The number of piperidine rings is 1. The lowest BCUT2D eigenvalue weighted by molar-refractivity contribution is 0.319. The second kappa shape index (κ2) is 9.70. The van der Waals surface area contributed by atoms with E-state index in [1.54, 1.807) is 4.31 Å². The van der Waals surface area contributed by atoms with Gasteiger partial charge in [-0.3, -0.25) is 0 Å². The first-order valence-electron chi connectivity index (χ1n) is 12.6. The normalized spacial score (nSPS) is 15.6. The number of nitrogens with zero attached hydrogens (tertiary/aromatic N) is 2. The third-order valence-electron chi connectivity index (χ3n) is 7.80. The highest BCUT2D eigenvalue weighted by molar-refractivity contribution is 7.89. The van der Waals surface area contributed by atoms with Crippen LogP contribution in [0.25, 0.3) is 10.9 Å². The molecule has 1 saturated heterocycles. The predicted octanol–water partition coefficient (Wildman–Crippen LogP) is 7.14. The first-order valence-corrected chi connectivity index (χ1v) is 14.4. The number of aromatic nitrogens is 1. The molecule has 2 heterocycles. The second-order valence-corrected chi connectivity index (χ2v) is 12.5. The average Bonchev–Trinajstić information content (AvgIpc) is 3.14. The molecule has 0 amide bonds. The Hall–Kier alpha value is -2.60. The molecule has 0 radical (unpaired) electrons. The molecule has 4 nitrogen and oxygen atoms in total. The molecule has 0 aliphatic carbocycles. The van der Waals surface area contributed by atoms with Gasteiger partial charge < -0.3 is 4.57 Å². The molecule has 1 fully saturated rings. The zero-order valence-corrected chi connectivity index (χ0v) is 23.0. The Balaban J connectivity index is 1.42. The van der Waals surface area contributed by atoms with E-state index in [1.807, 2.05) is 45.0 Å². The van der Waals surface area contributed by atoms with Gasteiger partial charge in [0.1, 0.15) is 0 Å². The smallest absolute Gasteiger partial charge is 0.243 e. The van der Waals surface area contributed by atoms with Crippen LogP contribution in [0.1, 0.15) is 52.3 Å². The van der Waals surface area contributed by atoms with Crippen molar-refractivity contribution in [3.63, 3.8) is 0 Å². The minimum absolute atomic E-state index is 0.327. The van der Waals surface area contributed by atoms with Gasteiger partial charge in [-0.05, 0) is 98.5 Å². The summed E-state index contributed by atoms with van der Waals surface area (Å²) >= 11 is 6.10. The Kier molecular flexibility index (Phi) is 6.75. The predicted molar refractivity (Wildman–Crippen MR) is 149 cm³/mol. The van der Waals surface area contributed by atoms with Crippen LogP contribution in [0.15, 0.2) is 65.6 Å². The molecule has 1 aliphatic heterocycles. The Morgan fingerprint density at radius 2 is 1.50 bits per heavy atom. The zero-order valence-electron chi connectivity index (χ0n) is 21.4. The second-order valence-electron chi connectivity index (χ2n) is 10.1. The summed E-state index contributed by atoms with van der Waals surface area (Å²) in [6.07, 6.45) is 1.64. The van der Waals surface area contributed by atoms with Crippen LogP contribution >= 0.6 is 11.6 Å². The molecule has 0 bridgehead atoms. The van der Waals surface area contributed by atoms with Gasteiger partial charge in [0.05, 0.1) is 4.90 Å². The number of halogens is 1. The monoisotopic (exact) mass is 520 g/mol. The zero-order chi connectivity index (χ0) is 25.6. The molecule has 0 atom stereocenters. The third-order valence-corrected chi connectivity index (χ3v) is 10.1. The van der Waals surface area contributed by atoms with Gasteiger partial charge in [-0.1, -0.05) is 48.0 Å². The SMILES string of the molecule is Cc1cc(C)c(S(=O)(=O)N2CCC(c3c(C)n(Cc4ccc(Cl)cc4)c4ccccc34)CC2)cc1C. The molecule has 6 heteroatoms. The van der Waals surface area contributed by atoms with E-state index in [-0.39, 0.29) is 0 Å². The largest absolute Gasteiger partial charge is 0.340 e. The Labute approximate surface area is 219 Å². The van der Waals surface area contributed by atoms with Crippen molar-refractivity contribution >= 4 is 32.5 Å². The number of sulfonamides is 1. The summed E-state index contributed by atoms with van der Waals surface area (Å²) < 4.78 is 31.1. The van der Waals surface area contributed by atoms with Gasteiger partial charge in [0, 0.05) is 41.3 Å². The molecule has 5 rings (SSSR count). The Morgan fingerprint density at radius 1 is 0.861 bits per heavy atom. The maximum atomic E-state index is 13.5. The van der Waals surface area contributed by atoms with Crippen molar-refractivity contribution in [3.05, 3.63) is 99.2 Å². The van der Waals surface area contributed by atoms with Gasteiger partial charge in [-0.2, -0.15) is 4.31 Å². The summed E-state index contributed by atoms with van der Waals surface area (Å²) in [4.78, 5) is 0.444. The van der Waals surface area contributed by atoms with E-state index in [4.69, 9.17) is 11.6 Å². The van der Waals surface area contributed by atoms with Gasteiger partial charge in [-0.25, -0.2) is 8.42 Å². The Morgan fingerprint density at radius 3 is 2.19 bits per heavy atom. The van der Waals surface area contributed by atoms with Crippen LogP contribution in [-0.4, -0.2) is 30.4 Å². The minimum Gasteiger partial charge on any atom is -0.340 e. The first kappa shape index (κ1) is 25.1. The lowest BCUT2D eigenvalue weighted by Gasteiger charge is -2.32. The van der Waals surface area contributed by atoms with Gasteiger partial charge in [0.25, 0.3) is 0 Å². The summed E-state index contributed by atoms with van der Waals surface area (Å²) in [6, 6.07) is 20.4. The lowest BCUT2D eigenvalue weighted by atomic mass is 9.88. The van der Waals surface area contributed by atoms with E-state index < -0.39 is 10.0 Å². The van der Waals surface area contributed by atoms with Crippen LogP contribution in [0.5, 0.6) is 0 Å². The molecule has 188 valence electrons. The fraction of sp³-hybridized carbons (Fsp3) is 0.333. The van der Waals surface area contributed by atoms with E-state index >= 15 is 0 Å². The lowest BCUT2D eigenvalue weighted by Crippen LogP contribution is -2.38. The summed E-state index contributed by atoms with van der Waals surface area (Å²) in [7, 11) is -3.51. The van der Waals surface area contributed by atoms with Gasteiger partial charge in [-0.15, -0.1) is 0 Å². The minimum atomic E-state index is -3.51. The summed E-state index contributed by atoms with van der Waals surface area (Å²) in [5, 5.41) is 2.02. The van der Waals surface area contributed by atoms with Crippen LogP contribution in [0, 0.1) is 27.7 Å². The number of benzene rings is 3. The van der Waals surface area contributed by atoms with Crippen LogP contribution < -0.4 is 0 Å². The van der Waals surface area contributed by atoms with Crippen molar-refractivity contribution in [1.29, 1.82) is 0 Å². The molecule has 0 unspecified atom stereocenters. The topological polar surface area (TPSA) is 42.3 Å². The fourth-order valence-electron chi connectivity index (χ4n) is 5.69. The van der Waals surface area contributed by atoms with Crippen LogP contribution in [0.4, 0.5) is 0 Å². The highest BCUT2D eigenvalue weighted by atomic mass is 35.5. The van der Waals surface area contributed by atoms with E-state index in [0.29, 0.717) is 23.9 Å². The molecule has 0 N–H and O–H groups in total. The number of rotatable bonds is 5. The number of hydrogen-bond acceptors (Lipinski definition) is 2. The van der Waals surface area contributed by atoms with Crippen LogP contribution in [0.3, 0.4) is 0 Å². The highest BCUT2D eigenvalue weighted by Gasteiger charge is 2.33. The number of para-hydroxylation sites is 1. The average molecular weight is 521 g/mol. The van der Waals surface area contributed by atoms with Gasteiger partial charge in [0.2, 0.25) is 10.0 Å². The van der Waals surface area contributed by atoms with Gasteiger partial charge >= 0.3 is 0 Å². The van der Waals surface area contributed by atoms with E-state index in [0.717, 1.165) is 41.1 Å². The standard InChI is InChI=1S/C30H33ClN2O2S/c1-20-17-22(3)29(18-21(20)2)36(34,35)32-15-13-25(14-16-32)30-23(4)33(28-8-6-5-7-27(28)30)19-24-9-11-26(31)12-10-24/h5-12,17-18,25H,13-16,19H2,1-4H3. The van der Waals surface area contributed by atoms with Crippen molar-refractivity contribution in [2.75, 3.05) is 13.1 Å². The fourth-order valence-corrected chi connectivity index (χ4v) is 7.57. The van der Waals surface area contributed by atoms with Crippen molar-refractivity contribution < 1.29 is 8.42 Å². The molecular formula is C30H33ClN2O2S. The molecule has 1 aliphatic rings. The molecule has 4 aromatic rings. The highest BCUT2D eigenvalue weighted by Crippen LogP contribution is 2.39. The maximum Gasteiger partial charge on any atom is 0.243 e. The van der Waals surface area contributed by atoms with Crippen LogP contribution in [-0.2, 0) is 16.6 Å². The van der Waals surface area contributed by atoms with Gasteiger partial charge in [0.15, 0.2) is 0 Å². The quantitative estimate of drug-likeness (QED) is 0.280. The molecule has 3 aromatic carbocycles. The molecule has 0 spiro atoms. The van der Waals surface area contributed by atoms with E-state index in [2.05, 4.69) is 47.9 Å². The summed E-state index contributed by atoms with van der Waals surface area (Å²) in [5.41, 5.74) is 8.01. The molecule has 1 aromatic heterocycles. The van der Waals surface area contributed by atoms with E-state index in [1.165, 1.54) is 27.7 Å². The third kappa shape index (κ3) is 4.49. The number of aryl methyl sites for hydroxylation is 3. The van der Waals surface area contributed by atoms with Crippen molar-refractivity contribution in [1.82, 2.24) is 8.87 Å². The molecule has 0 saturated carbocycles.